The zero-order valence-electron chi connectivity index (χ0n) is 18.1. The minimum Gasteiger partial charge on any atom is -0.497 e. The molecular formula is C25H29N3O3. The molecule has 31 heavy (non-hydrogen) atoms. The van der Waals surface area contributed by atoms with Crippen molar-refractivity contribution in [2.75, 3.05) is 45.3 Å². The Morgan fingerprint density at radius 3 is 2.19 bits per heavy atom. The number of piperazine rings is 1. The molecule has 6 nitrogen and oxygen atoms in total. The molecule has 1 atom stereocenters. The number of carbonyl (C=O) groups excluding carboxylic acids is 1. The molecule has 0 spiro atoms. The van der Waals surface area contributed by atoms with E-state index in [0.717, 1.165) is 35.8 Å². The summed E-state index contributed by atoms with van der Waals surface area (Å²) in [5.41, 5.74) is 2.18. The Hall–Kier alpha value is -3.41. The van der Waals surface area contributed by atoms with E-state index in [9.17, 15) is 4.79 Å². The van der Waals surface area contributed by atoms with Gasteiger partial charge in [0.15, 0.2) is 0 Å². The fourth-order valence-electron chi connectivity index (χ4n) is 4.16. The van der Waals surface area contributed by atoms with Crippen LogP contribution in [-0.4, -0.2) is 55.8 Å². The van der Waals surface area contributed by atoms with Gasteiger partial charge in [-0.15, -0.1) is 0 Å². The SMILES string of the molecule is COc1ccc([C@@H](CC(=O)N2CCN(c3ccccc3OC)CC2)n2cccc2)cc1. The van der Waals surface area contributed by atoms with E-state index < -0.39 is 0 Å². The first-order valence-corrected chi connectivity index (χ1v) is 10.6. The maximum absolute atomic E-state index is 13.2. The summed E-state index contributed by atoms with van der Waals surface area (Å²) in [7, 11) is 3.35. The van der Waals surface area contributed by atoms with Gasteiger partial charge in [0, 0.05) is 38.6 Å². The van der Waals surface area contributed by atoms with Crippen LogP contribution in [0.25, 0.3) is 0 Å². The number of carbonyl (C=O) groups is 1. The van der Waals surface area contributed by atoms with Gasteiger partial charge >= 0.3 is 0 Å². The summed E-state index contributed by atoms with van der Waals surface area (Å²) in [6.45, 7) is 3.00. The van der Waals surface area contributed by atoms with Gasteiger partial charge < -0.3 is 23.8 Å². The lowest BCUT2D eigenvalue weighted by Gasteiger charge is -2.37. The molecule has 1 saturated heterocycles. The average Bonchev–Trinajstić information content (AvgIpc) is 3.37. The van der Waals surface area contributed by atoms with Gasteiger partial charge in [-0.3, -0.25) is 4.79 Å². The highest BCUT2D eigenvalue weighted by atomic mass is 16.5. The normalized spacial score (nSPS) is 14.9. The van der Waals surface area contributed by atoms with Gasteiger partial charge in [0.05, 0.1) is 32.4 Å². The van der Waals surface area contributed by atoms with Crippen molar-refractivity contribution < 1.29 is 14.3 Å². The van der Waals surface area contributed by atoms with Gasteiger partial charge in [-0.25, -0.2) is 0 Å². The number of hydrogen-bond donors (Lipinski definition) is 0. The molecule has 0 N–H and O–H groups in total. The van der Waals surface area contributed by atoms with Crippen LogP contribution >= 0.6 is 0 Å². The van der Waals surface area contributed by atoms with E-state index in [0.29, 0.717) is 19.5 Å². The molecule has 162 valence electrons. The molecule has 2 aromatic carbocycles. The number of benzene rings is 2. The molecule has 6 heteroatoms. The zero-order chi connectivity index (χ0) is 21.6. The van der Waals surface area contributed by atoms with Crippen LogP contribution in [0, 0.1) is 0 Å². The second-order valence-corrected chi connectivity index (χ2v) is 7.66. The number of hydrogen-bond acceptors (Lipinski definition) is 4. The molecule has 1 aliphatic rings. The second-order valence-electron chi connectivity index (χ2n) is 7.66. The molecule has 1 aliphatic heterocycles. The first-order valence-electron chi connectivity index (χ1n) is 10.6. The van der Waals surface area contributed by atoms with E-state index in [1.807, 2.05) is 71.9 Å². The van der Waals surface area contributed by atoms with Gasteiger partial charge in [0.1, 0.15) is 11.5 Å². The minimum absolute atomic E-state index is 0.0411. The molecule has 3 aromatic rings. The molecule has 1 amide bonds. The van der Waals surface area contributed by atoms with E-state index in [-0.39, 0.29) is 11.9 Å². The smallest absolute Gasteiger partial charge is 0.225 e. The number of nitrogens with zero attached hydrogens (tertiary/aromatic N) is 3. The van der Waals surface area contributed by atoms with Crippen molar-refractivity contribution in [2.45, 2.75) is 12.5 Å². The van der Waals surface area contributed by atoms with Crippen molar-refractivity contribution in [3.63, 3.8) is 0 Å². The summed E-state index contributed by atoms with van der Waals surface area (Å²) in [4.78, 5) is 17.5. The summed E-state index contributed by atoms with van der Waals surface area (Å²) in [5, 5.41) is 0. The monoisotopic (exact) mass is 419 g/mol. The first kappa shape index (κ1) is 20.8. The molecule has 4 rings (SSSR count). The Balaban J connectivity index is 1.43. The van der Waals surface area contributed by atoms with Crippen LogP contribution in [0.1, 0.15) is 18.0 Å². The van der Waals surface area contributed by atoms with E-state index >= 15 is 0 Å². The lowest BCUT2D eigenvalue weighted by atomic mass is 10.0. The third kappa shape index (κ3) is 4.68. The van der Waals surface area contributed by atoms with E-state index in [1.165, 1.54) is 0 Å². The van der Waals surface area contributed by atoms with Gasteiger partial charge in [-0.1, -0.05) is 24.3 Å². The van der Waals surface area contributed by atoms with Crippen LogP contribution in [0.4, 0.5) is 5.69 Å². The Kier molecular flexibility index (Phi) is 6.46. The van der Waals surface area contributed by atoms with E-state index in [1.54, 1.807) is 14.2 Å². The molecule has 0 aliphatic carbocycles. The molecule has 0 unspecified atom stereocenters. The Morgan fingerprint density at radius 2 is 1.55 bits per heavy atom. The highest BCUT2D eigenvalue weighted by Gasteiger charge is 2.26. The lowest BCUT2D eigenvalue weighted by Crippen LogP contribution is -2.49. The minimum atomic E-state index is -0.0411. The lowest BCUT2D eigenvalue weighted by molar-refractivity contribution is -0.132. The Morgan fingerprint density at radius 1 is 0.871 bits per heavy atom. The van der Waals surface area contributed by atoms with Crippen LogP contribution in [0.15, 0.2) is 73.1 Å². The maximum Gasteiger partial charge on any atom is 0.225 e. The number of methoxy groups -OCH3 is 2. The van der Waals surface area contributed by atoms with Gasteiger partial charge in [0.25, 0.3) is 0 Å². The van der Waals surface area contributed by atoms with Crippen molar-refractivity contribution >= 4 is 11.6 Å². The number of anilines is 1. The standard InChI is InChI=1S/C25H29N3O3/c1-30-21-11-9-20(10-12-21)23(26-13-5-6-14-26)19-25(29)28-17-15-27(16-18-28)22-7-3-4-8-24(22)31-2/h3-14,23H,15-19H2,1-2H3/t23-/m1/s1. The van der Waals surface area contributed by atoms with Crippen molar-refractivity contribution in [2.24, 2.45) is 0 Å². The van der Waals surface area contributed by atoms with Crippen molar-refractivity contribution in [3.05, 3.63) is 78.6 Å². The summed E-state index contributed by atoms with van der Waals surface area (Å²) in [6.07, 6.45) is 4.46. The van der Waals surface area contributed by atoms with E-state index in [2.05, 4.69) is 15.5 Å². The van der Waals surface area contributed by atoms with Gasteiger partial charge in [0.2, 0.25) is 5.91 Å². The van der Waals surface area contributed by atoms with Crippen molar-refractivity contribution in [1.82, 2.24) is 9.47 Å². The third-order valence-corrected chi connectivity index (χ3v) is 5.91. The molecular weight excluding hydrogens is 390 g/mol. The van der Waals surface area contributed by atoms with Crippen LogP contribution in [-0.2, 0) is 4.79 Å². The Bertz CT molecular complexity index is 978. The number of ether oxygens (including phenoxy) is 2. The molecule has 0 saturated carbocycles. The molecule has 2 heterocycles. The van der Waals surface area contributed by atoms with Gasteiger partial charge in [-0.05, 0) is 42.0 Å². The van der Waals surface area contributed by atoms with Crippen LogP contribution in [0.3, 0.4) is 0 Å². The highest BCUT2D eigenvalue weighted by Crippen LogP contribution is 2.29. The molecule has 0 bridgehead atoms. The molecule has 1 fully saturated rings. The fraction of sp³-hybridized carbons (Fsp3) is 0.320. The largest absolute Gasteiger partial charge is 0.497 e. The van der Waals surface area contributed by atoms with Crippen molar-refractivity contribution in [3.8, 4) is 11.5 Å². The topological polar surface area (TPSA) is 46.9 Å². The average molecular weight is 420 g/mol. The predicted molar refractivity (Wildman–Crippen MR) is 122 cm³/mol. The van der Waals surface area contributed by atoms with Crippen molar-refractivity contribution in [1.29, 1.82) is 0 Å². The number of para-hydroxylation sites is 2. The van der Waals surface area contributed by atoms with Gasteiger partial charge in [-0.2, -0.15) is 0 Å². The van der Waals surface area contributed by atoms with E-state index in [4.69, 9.17) is 9.47 Å². The van der Waals surface area contributed by atoms with Crippen LogP contribution < -0.4 is 14.4 Å². The number of amides is 1. The second kappa shape index (κ2) is 9.60. The maximum atomic E-state index is 13.2. The van der Waals surface area contributed by atoms with Crippen LogP contribution in [0.2, 0.25) is 0 Å². The summed E-state index contributed by atoms with van der Waals surface area (Å²) in [6, 6.07) is 20.0. The fourth-order valence-corrected chi connectivity index (χ4v) is 4.16. The molecule has 0 radical (unpaired) electrons. The highest BCUT2D eigenvalue weighted by molar-refractivity contribution is 5.77. The summed E-state index contributed by atoms with van der Waals surface area (Å²) >= 11 is 0. The number of rotatable bonds is 7. The number of aromatic nitrogens is 1. The summed E-state index contributed by atoms with van der Waals surface area (Å²) in [5.74, 6) is 1.86. The van der Waals surface area contributed by atoms with Crippen LogP contribution in [0.5, 0.6) is 11.5 Å². The first-order chi connectivity index (χ1) is 15.2. The summed E-state index contributed by atoms with van der Waals surface area (Å²) < 4.78 is 12.9. The third-order valence-electron chi connectivity index (χ3n) is 5.91. The predicted octanol–water partition coefficient (Wildman–Crippen LogP) is 3.83. The zero-order valence-corrected chi connectivity index (χ0v) is 18.1. The Labute approximate surface area is 183 Å². The molecule has 1 aromatic heterocycles. The quantitative estimate of drug-likeness (QED) is 0.584.